The fourth-order valence-corrected chi connectivity index (χ4v) is 2.87. The molecule has 2 aromatic carbocycles. The van der Waals surface area contributed by atoms with Crippen molar-refractivity contribution < 1.29 is 0 Å². The van der Waals surface area contributed by atoms with Crippen LogP contribution in [0.25, 0.3) is 29.0 Å². The molecular formula is C22H22B2. The van der Waals surface area contributed by atoms with Crippen LogP contribution in [0, 0.1) is 6.92 Å². The van der Waals surface area contributed by atoms with Gasteiger partial charge in [-0.15, -0.1) is 5.47 Å². The average molecular weight is 308 g/mol. The van der Waals surface area contributed by atoms with Crippen molar-refractivity contribution in [3.8, 4) is 0 Å². The molecule has 0 N–H and O–H groups in total. The van der Waals surface area contributed by atoms with Gasteiger partial charge in [0, 0.05) is 0 Å². The molecule has 2 aromatic rings. The first-order valence-corrected chi connectivity index (χ1v) is 8.20. The van der Waals surface area contributed by atoms with Crippen LogP contribution in [0.15, 0.2) is 48.0 Å². The Labute approximate surface area is 148 Å². The van der Waals surface area contributed by atoms with E-state index in [2.05, 4.69) is 31.2 Å². The third-order valence-corrected chi connectivity index (χ3v) is 3.98. The molecule has 0 bridgehead atoms. The van der Waals surface area contributed by atoms with Gasteiger partial charge in [0.05, 0.1) is 0 Å². The summed E-state index contributed by atoms with van der Waals surface area (Å²) < 4.78 is 0. The normalized spacial score (nSPS) is 13.1. The molecule has 24 heavy (non-hydrogen) atoms. The van der Waals surface area contributed by atoms with Crippen molar-refractivity contribution in [2.75, 3.05) is 0 Å². The Balaban J connectivity index is 2.80. The van der Waals surface area contributed by atoms with E-state index in [0.717, 1.165) is 33.0 Å². The van der Waals surface area contributed by atoms with E-state index in [1.165, 1.54) is 10.9 Å². The molecule has 0 aromatic heterocycles. The Kier molecular flexibility index (Phi) is 6.09. The van der Waals surface area contributed by atoms with E-state index in [-0.39, 0.29) is 0 Å². The molecule has 0 aliphatic heterocycles. The largest absolute Gasteiger partial charge is 0.120 e. The van der Waals surface area contributed by atoms with Crippen LogP contribution < -0.4 is 5.46 Å². The third-order valence-electron chi connectivity index (χ3n) is 3.98. The van der Waals surface area contributed by atoms with Gasteiger partial charge in [-0.05, 0) is 65.9 Å². The first-order chi connectivity index (χ1) is 11.5. The highest BCUT2D eigenvalue weighted by Gasteiger charge is 2.08. The topological polar surface area (TPSA) is 0 Å². The molecule has 0 atom stereocenters. The van der Waals surface area contributed by atoms with Gasteiger partial charge in [-0.1, -0.05) is 61.0 Å². The van der Waals surface area contributed by atoms with Crippen LogP contribution in [0.4, 0.5) is 0 Å². The highest BCUT2D eigenvalue weighted by Crippen LogP contribution is 2.27. The fourth-order valence-electron chi connectivity index (χ4n) is 2.87. The maximum absolute atomic E-state index is 6.25. The molecule has 0 spiro atoms. The molecule has 0 unspecified atom stereocenters. The minimum absolute atomic E-state index is 0.783. The second kappa shape index (κ2) is 8.06. The number of rotatable bonds is 4. The lowest BCUT2D eigenvalue weighted by molar-refractivity contribution is 1.50. The lowest BCUT2D eigenvalue weighted by atomic mass is 9.83. The number of hydrogen-bond donors (Lipinski definition) is 0. The molecular weight excluding hydrogens is 286 g/mol. The van der Waals surface area contributed by atoms with Crippen molar-refractivity contribution in [2.24, 2.45) is 0 Å². The lowest BCUT2D eigenvalue weighted by Crippen LogP contribution is -2.09. The molecule has 116 valence electrons. The zero-order valence-corrected chi connectivity index (χ0v) is 14.9. The molecule has 2 rings (SSSR count). The van der Waals surface area contributed by atoms with E-state index in [1.54, 1.807) is 0 Å². The van der Waals surface area contributed by atoms with Crippen molar-refractivity contribution in [1.82, 2.24) is 0 Å². The highest BCUT2D eigenvalue weighted by atomic mass is 14.1. The van der Waals surface area contributed by atoms with Gasteiger partial charge in [0.1, 0.15) is 15.7 Å². The van der Waals surface area contributed by atoms with Gasteiger partial charge >= 0.3 is 0 Å². The van der Waals surface area contributed by atoms with Gasteiger partial charge in [0.2, 0.25) is 0 Å². The van der Waals surface area contributed by atoms with Crippen molar-refractivity contribution in [3.63, 3.8) is 0 Å². The summed E-state index contributed by atoms with van der Waals surface area (Å²) in [7, 11) is 12.2. The molecule has 0 nitrogen and oxygen atoms in total. The summed E-state index contributed by atoms with van der Waals surface area (Å²) in [6.45, 7) is 8.04. The predicted octanol–water partition coefficient (Wildman–Crippen LogP) is 5.09. The first-order valence-electron chi connectivity index (χ1n) is 8.20. The zero-order chi connectivity index (χ0) is 17.7. The van der Waals surface area contributed by atoms with E-state index in [4.69, 9.17) is 15.7 Å². The molecule has 0 saturated carbocycles. The minimum Gasteiger partial charge on any atom is -0.120 e. The Morgan fingerprint density at radius 1 is 0.958 bits per heavy atom. The Hall–Kier alpha value is -2.21. The van der Waals surface area contributed by atoms with Crippen molar-refractivity contribution in [3.05, 3.63) is 70.2 Å². The van der Waals surface area contributed by atoms with E-state index in [1.807, 2.05) is 57.2 Å². The van der Waals surface area contributed by atoms with Gasteiger partial charge in [0.15, 0.2) is 0 Å². The van der Waals surface area contributed by atoms with Crippen molar-refractivity contribution in [2.45, 2.75) is 27.7 Å². The Morgan fingerprint density at radius 3 is 2.33 bits per heavy atom. The average Bonchev–Trinajstić information content (AvgIpc) is 2.52. The maximum Gasteiger partial charge on any atom is 0.114 e. The second-order valence-corrected chi connectivity index (χ2v) is 5.98. The SMILES string of the molecule is [B]/C(C)=C/c1cc2cc([B])c(/C=C\C)c(C)c2cc1C=C/C=C\C. The summed E-state index contributed by atoms with van der Waals surface area (Å²) in [5.41, 5.74) is 6.11. The molecule has 0 heterocycles. The van der Waals surface area contributed by atoms with Crippen LogP contribution in [-0.4, -0.2) is 15.7 Å². The molecule has 0 fully saturated rings. The number of aryl methyl sites for hydroxylation is 1. The summed E-state index contributed by atoms with van der Waals surface area (Å²) in [5, 5.41) is 2.35. The zero-order valence-electron chi connectivity index (χ0n) is 14.9. The Morgan fingerprint density at radius 2 is 1.71 bits per heavy atom. The molecule has 2 heteroatoms. The van der Waals surface area contributed by atoms with Crippen LogP contribution in [0.2, 0.25) is 0 Å². The summed E-state index contributed by atoms with van der Waals surface area (Å²) in [6, 6.07) is 6.41. The highest BCUT2D eigenvalue weighted by molar-refractivity contribution is 6.35. The van der Waals surface area contributed by atoms with Gasteiger partial charge in [0.25, 0.3) is 0 Å². The van der Waals surface area contributed by atoms with E-state index in [0.29, 0.717) is 0 Å². The fraction of sp³-hybridized carbons (Fsp3) is 0.182. The smallest absolute Gasteiger partial charge is 0.114 e. The molecule has 0 aliphatic rings. The predicted molar refractivity (Wildman–Crippen MR) is 112 cm³/mol. The molecule has 0 aliphatic carbocycles. The first kappa shape index (κ1) is 18.1. The number of benzene rings is 2. The van der Waals surface area contributed by atoms with Crippen LogP contribution in [-0.2, 0) is 0 Å². The number of allylic oxidation sites excluding steroid dienone is 5. The van der Waals surface area contributed by atoms with Gasteiger partial charge in [-0.3, -0.25) is 0 Å². The monoisotopic (exact) mass is 308 g/mol. The summed E-state index contributed by atoms with van der Waals surface area (Å²) in [5.74, 6) is 0. The van der Waals surface area contributed by atoms with Crippen LogP contribution in [0.3, 0.4) is 0 Å². The minimum atomic E-state index is 0.783. The summed E-state index contributed by atoms with van der Waals surface area (Å²) in [4.78, 5) is 0. The maximum atomic E-state index is 6.25. The van der Waals surface area contributed by atoms with Crippen LogP contribution in [0.5, 0.6) is 0 Å². The van der Waals surface area contributed by atoms with E-state index < -0.39 is 0 Å². The number of hydrogen-bond acceptors (Lipinski definition) is 0. The standard InChI is InChI=1S/C22H22B2/c1-5-7-8-10-17-13-21-16(4)20(9-6-2)22(24)14-19(21)12-18(17)11-15(3)23/h5-14H,1-4H3/b7-5-,9-6-,10-8?,15-11+. The van der Waals surface area contributed by atoms with E-state index in [9.17, 15) is 0 Å². The van der Waals surface area contributed by atoms with Gasteiger partial charge in [-0.25, -0.2) is 0 Å². The van der Waals surface area contributed by atoms with Gasteiger partial charge < -0.3 is 0 Å². The molecule has 0 amide bonds. The quantitative estimate of drug-likeness (QED) is 0.545. The summed E-state index contributed by atoms with van der Waals surface area (Å²) >= 11 is 0. The molecule has 0 saturated heterocycles. The number of fused-ring (bicyclic) bond motifs is 1. The Bertz CT molecular complexity index is 861. The van der Waals surface area contributed by atoms with Crippen LogP contribution in [0.1, 0.15) is 43.0 Å². The van der Waals surface area contributed by atoms with Crippen LogP contribution >= 0.6 is 0 Å². The van der Waals surface area contributed by atoms with Crippen molar-refractivity contribution >= 4 is 50.2 Å². The van der Waals surface area contributed by atoms with E-state index >= 15 is 0 Å². The lowest BCUT2D eigenvalue weighted by Gasteiger charge is -2.14. The summed E-state index contributed by atoms with van der Waals surface area (Å²) in [6.07, 6.45) is 14.3. The van der Waals surface area contributed by atoms with Gasteiger partial charge in [-0.2, -0.15) is 0 Å². The molecule has 4 radical (unpaired) electrons. The van der Waals surface area contributed by atoms with Crippen molar-refractivity contribution in [1.29, 1.82) is 0 Å². The second-order valence-electron chi connectivity index (χ2n) is 5.98. The third kappa shape index (κ3) is 4.00.